The summed E-state index contributed by atoms with van der Waals surface area (Å²) in [5, 5.41) is 3.47. The summed E-state index contributed by atoms with van der Waals surface area (Å²) in [6, 6.07) is 8.79. The fraction of sp³-hybridized carbons (Fsp3) is 0.333. The number of anilines is 2. The average molecular weight is 364 g/mol. The van der Waals surface area contributed by atoms with Crippen molar-refractivity contribution in [1.82, 2.24) is 4.98 Å². The largest absolute Gasteiger partial charge is 0.370 e. The first kappa shape index (κ1) is 17.1. The van der Waals surface area contributed by atoms with Gasteiger partial charge in [0.25, 0.3) is 5.91 Å². The minimum Gasteiger partial charge on any atom is -0.370 e. The number of nitrogens with one attached hydrogen (secondary N) is 1. The first-order chi connectivity index (χ1) is 11.5. The van der Waals surface area contributed by atoms with Gasteiger partial charge in [-0.2, -0.15) is 0 Å². The van der Waals surface area contributed by atoms with Gasteiger partial charge in [-0.25, -0.2) is 4.98 Å². The normalized spacial score (nSPS) is 17.6. The molecule has 0 bridgehead atoms. The van der Waals surface area contributed by atoms with Gasteiger partial charge in [-0.15, -0.1) is 0 Å². The van der Waals surface area contributed by atoms with Crippen molar-refractivity contribution < 1.29 is 4.79 Å². The molecular formula is C18H19Cl2N3O. The number of hydrogen-bond donors (Lipinski definition) is 1. The van der Waals surface area contributed by atoms with Crippen LogP contribution in [-0.4, -0.2) is 24.0 Å². The van der Waals surface area contributed by atoms with Crippen molar-refractivity contribution in [2.75, 3.05) is 23.3 Å². The Hall–Kier alpha value is -1.78. The number of benzene rings is 1. The van der Waals surface area contributed by atoms with Gasteiger partial charge in [-0.3, -0.25) is 4.79 Å². The van der Waals surface area contributed by atoms with E-state index in [0.29, 0.717) is 27.3 Å². The Morgan fingerprint density at radius 3 is 2.83 bits per heavy atom. The Labute approximate surface area is 151 Å². The molecule has 1 saturated heterocycles. The molecule has 4 nitrogen and oxygen atoms in total. The number of nitrogens with zero attached hydrogens (tertiary/aromatic N) is 2. The third kappa shape index (κ3) is 3.82. The molecular weight excluding hydrogens is 345 g/mol. The second-order valence-corrected chi connectivity index (χ2v) is 6.94. The number of hydrogen-bond acceptors (Lipinski definition) is 3. The molecule has 1 atom stereocenters. The van der Waals surface area contributed by atoms with Crippen molar-refractivity contribution in [3.05, 3.63) is 52.3 Å². The van der Waals surface area contributed by atoms with Crippen LogP contribution in [0, 0.1) is 5.92 Å². The van der Waals surface area contributed by atoms with Gasteiger partial charge in [0, 0.05) is 13.1 Å². The van der Waals surface area contributed by atoms with Crippen LogP contribution in [-0.2, 0) is 0 Å². The first-order valence-electron chi connectivity index (χ1n) is 8.01. The maximum atomic E-state index is 12.3. The van der Waals surface area contributed by atoms with Crippen molar-refractivity contribution in [3.63, 3.8) is 0 Å². The second kappa shape index (κ2) is 7.41. The highest BCUT2D eigenvalue weighted by molar-refractivity contribution is 6.44. The number of rotatable bonds is 3. The van der Waals surface area contributed by atoms with E-state index in [4.69, 9.17) is 23.2 Å². The van der Waals surface area contributed by atoms with E-state index < -0.39 is 0 Å². The van der Waals surface area contributed by atoms with Gasteiger partial charge in [0.1, 0.15) is 5.69 Å². The molecule has 2 heterocycles. The number of carbonyl (C=O) groups is 1. The van der Waals surface area contributed by atoms with Crippen LogP contribution in [0.4, 0.5) is 11.4 Å². The third-order valence-corrected chi connectivity index (χ3v) is 5.02. The number of pyridine rings is 1. The van der Waals surface area contributed by atoms with Crippen LogP contribution in [0.3, 0.4) is 0 Å². The number of aromatic nitrogens is 1. The van der Waals surface area contributed by atoms with E-state index in [1.54, 1.807) is 30.5 Å². The number of carbonyl (C=O) groups excluding carboxylic acids is 1. The molecule has 1 amide bonds. The highest BCUT2D eigenvalue weighted by Crippen LogP contribution is 2.30. The Morgan fingerprint density at radius 1 is 1.29 bits per heavy atom. The Bertz CT molecular complexity index is 734. The zero-order chi connectivity index (χ0) is 17.1. The van der Waals surface area contributed by atoms with Gasteiger partial charge in [-0.05, 0) is 43.0 Å². The quantitative estimate of drug-likeness (QED) is 0.845. The summed E-state index contributed by atoms with van der Waals surface area (Å²) in [4.78, 5) is 18.9. The summed E-state index contributed by atoms with van der Waals surface area (Å²) in [6.07, 6.45) is 4.22. The Kier molecular flexibility index (Phi) is 5.27. The molecule has 0 aliphatic carbocycles. The lowest BCUT2D eigenvalue weighted by atomic mass is 10.00. The molecule has 3 rings (SSSR count). The number of piperidine rings is 1. The Morgan fingerprint density at radius 2 is 2.12 bits per heavy atom. The molecule has 6 heteroatoms. The summed E-state index contributed by atoms with van der Waals surface area (Å²) >= 11 is 12.0. The molecule has 126 valence electrons. The smallest absolute Gasteiger partial charge is 0.274 e. The topological polar surface area (TPSA) is 45.2 Å². The Balaban J connectivity index is 1.71. The van der Waals surface area contributed by atoms with E-state index in [9.17, 15) is 4.79 Å². The monoisotopic (exact) mass is 363 g/mol. The number of halogens is 2. The summed E-state index contributed by atoms with van der Waals surface area (Å²) in [5.74, 6) is 0.379. The molecule has 1 aromatic heterocycles. The zero-order valence-corrected chi connectivity index (χ0v) is 14.9. The van der Waals surface area contributed by atoms with Crippen molar-refractivity contribution in [2.45, 2.75) is 19.8 Å². The zero-order valence-electron chi connectivity index (χ0n) is 13.4. The molecule has 2 aromatic rings. The van der Waals surface area contributed by atoms with E-state index in [-0.39, 0.29) is 5.91 Å². The predicted molar refractivity (Wildman–Crippen MR) is 99.3 cm³/mol. The molecule has 1 aliphatic heterocycles. The van der Waals surface area contributed by atoms with Crippen LogP contribution in [0.2, 0.25) is 10.0 Å². The minimum absolute atomic E-state index is 0.308. The van der Waals surface area contributed by atoms with Gasteiger partial charge >= 0.3 is 0 Å². The molecule has 1 fully saturated rings. The molecule has 1 aromatic carbocycles. The highest BCUT2D eigenvalue weighted by Gasteiger charge is 2.17. The summed E-state index contributed by atoms with van der Waals surface area (Å²) < 4.78 is 0. The fourth-order valence-electron chi connectivity index (χ4n) is 2.92. The van der Waals surface area contributed by atoms with Crippen LogP contribution >= 0.6 is 23.2 Å². The lowest BCUT2D eigenvalue weighted by Gasteiger charge is -2.32. The molecule has 1 unspecified atom stereocenters. The summed E-state index contributed by atoms with van der Waals surface area (Å²) in [5.41, 5.74) is 1.88. The fourth-order valence-corrected chi connectivity index (χ4v) is 3.27. The van der Waals surface area contributed by atoms with Gasteiger partial charge in [0.2, 0.25) is 0 Å². The summed E-state index contributed by atoms with van der Waals surface area (Å²) in [6.45, 7) is 4.33. The molecule has 24 heavy (non-hydrogen) atoms. The van der Waals surface area contributed by atoms with Crippen molar-refractivity contribution in [3.8, 4) is 0 Å². The third-order valence-electron chi connectivity index (χ3n) is 4.20. The van der Waals surface area contributed by atoms with Crippen LogP contribution in [0.5, 0.6) is 0 Å². The van der Waals surface area contributed by atoms with E-state index in [1.807, 2.05) is 6.07 Å². The SMILES string of the molecule is CC1CCCN(c2ccc(C(=O)Nc3cccc(Cl)c3Cl)nc2)C1. The lowest BCUT2D eigenvalue weighted by Crippen LogP contribution is -2.34. The molecule has 1 N–H and O–H groups in total. The second-order valence-electron chi connectivity index (χ2n) is 6.15. The van der Waals surface area contributed by atoms with Crippen molar-refractivity contribution >= 4 is 40.5 Å². The molecule has 1 aliphatic rings. The van der Waals surface area contributed by atoms with E-state index in [1.165, 1.54) is 12.8 Å². The van der Waals surface area contributed by atoms with E-state index >= 15 is 0 Å². The average Bonchev–Trinajstić information content (AvgIpc) is 2.59. The van der Waals surface area contributed by atoms with Crippen LogP contribution in [0.15, 0.2) is 36.5 Å². The minimum atomic E-state index is -0.308. The van der Waals surface area contributed by atoms with Crippen molar-refractivity contribution in [1.29, 1.82) is 0 Å². The highest BCUT2D eigenvalue weighted by atomic mass is 35.5. The maximum absolute atomic E-state index is 12.3. The summed E-state index contributed by atoms with van der Waals surface area (Å²) in [7, 11) is 0. The van der Waals surface area contributed by atoms with Gasteiger partial charge in [0.05, 0.1) is 27.6 Å². The number of amides is 1. The standard InChI is InChI=1S/C18H19Cl2N3O/c1-12-4-3-9-23(11-12)13-7-8-16(21-10-13)18(24)22-15-6-2-5-14(19)17(15)20/h2,5-8,10,12H,3-4,9,11H2,1H3,(H,22,24). The van der Waals surface area contributed by atoms with Gasteiger partial charge < -0.3 is 10.2 Å². The van der Waals surface area contributed by atoms with Crippen LogP contribution in [0.25, 0.3) is 0 Å². The van der Waals surface area contributed by atoms with Gasteiger partial charge in [-0.1, -0.05) is 36.2 Å². The predicted octanol–water partition coefficient (Wildman–Crippen LogP) is 4.88. The molecule has 0 spiro atoms. The lowest BCUT2D eigenvalue weighted by molar-refractivity contribution is 0.102. The first-order valence-corrected chi connectivity index (χ1v) is 8.76. The van der Waals surface area contributed by atoms with E-state index in [0.717, 1.165) is 18.8 Å². The van der Waals surface area contributed by atoms with Crippen molar-refractivity contribution in [2.24, 2.45) is 5.92 Å². The van der Waals surface area contributed by atoms with E-state index in [2.05, 4.69) is 22.1 Å². The van der Waals surface area contributed by atoms with Crippen LogP contribution < -0.4 is 10.2 Å². The van der Waals surface area contributed by atoms with Crippen LogP contribution in [0.1, 0.15) is 30.3 Å². The molecule has 0 radical (unpaired) electrons. The molecule has 0 saturated carbocycles. The maximum Gasteiger partial charge on any atom is 0.274 e. The van der Waals surface area contributed by atoms with Gasteiger partial charge in [0.15, 0.2) is 0 Å².